The second kappa shape index (κ2) is 8.48. The molecule has 0 bridgehead atoms. The quantitative estimate of drug-likeness (QED) is 0.778. The predicted octanol–water partition coefficient (Wildman–Crippen LogP) is 0.930. The van der Waals surface area contributed by atoms with Gasteiger partial charge in [0.05, 0.1) is 6.54 Å². The Morgan fingerprint density at radius 1 is 1.18 bits per heavy atom. The maximum atomic E-state index is 12.1. The van der Waals surface area contributed by atoms with Gasteiger partial charge in [0.1, 0.15) is 0 Å². The summed E-state index contributed by atoms with van der Waals surface area (Å²) in [6.07, 6.45) is 6.24. The Kier molecular flexibility index (Phi) is 7.21. The van der Waals surface area contributed by atoms with Crippen molar-refractivity contribution in [1.29, 1.82) is 0 Å². The van der Waals surface area contributed by atoms with Crippen LogP contribution in [-0.4, -0.2) is 62.5 Å². The maximum absolute atomic E-state index is 12.1. The minimum Gasteiger partial charge on any atom is -0.342 e. The molecule has 100 valence electrons. The first kappa shape index (κ1) is 14.5. The number of hydrogen-bond donors (Lipinski definition) is 1. The maximum Gasteiger partial charge on any atom is 0.236 e. The fourth-order valence-electron chi connectivity index (χ4n) is 2.21. The van der Waals surface area contributed by atoms with Crippen molar-refractivity contribution in [2.24, 2.45) is 0 Å². The normalized spacial score (nSPS) is 17.9. The van der Waals surface area contributed by atoms with Crippen molar-refractivity contribution in [2.45, 2.75) is 32.1 Å². The number of rotatable bonds is 5. The third-order valence-corrected chi connectivity index (χ3v) is 3.36. The summed E-state index contributed by atoms with van der Waals surface area (Å²) < 4.78 is 0. The van der Waals surface area contributed by atoms with Gasteiger partial charge in [0.2, 0.25) is 5.91 Å². The summed E-state index contributed by atoms with van der Waals surface area (Å²) in [5.74, 6) is 0.297. The molecule has 1 heterocycles. The van der Waals surface area contributed by atoms with Gasteiger partial charge in [-0.3, -0.25) is 9.69 Å². The van der Waals surface area contributed by atoms with Crippen LogP contribution in [0, 0.1) is 0 Å². The van der Waals surface area contributed by atoms with Crippen molar-refractivity contribution in [3.63, 3.8) is 0 Å². The highest BCUT2D eigenvalue weighted by molar-refractivity contribution is 5.78. The zero-order chi connectivity index (χ0) is 12.5. The van der Waals surface area contributed by atoms with E-state index in [0.717, 1.165) is 26.2 Å². The first-order valence-electron chi connectivity index (χ1n) is 6.85. The molecule has 4 heteroatoms. The average Bonchev–Trinajstić information content (AvgIpc) is 2.25. The van der Waals surface area contributed by atoms with E-state index in [-0.39, 0.29) is 0 Å². The van der Waals surface area contributed by atoms with Crippen LogP contribution in [0.1, 0.15) is 32.1 Å². The molecule has 0 spiro atoms. The third kappa shape index (κ3) is 6.03. The van der Waals surface area contributed by atoms with Crippen molar-refractivity contribution >= 4 is 5.91 Å². The predicted molar refractivity (Wildman–Crippen MR) is 71.1 cm³/mol. The van der Waals surface area contributed by atoms with Crippen LogP contribution >= 0.6 is 0 Å². The molecule has 0 aromatic carbocycles. The van der Waals surface area contributed by atoms with Crippen LogP contribution in [0.2, 0.25) is 0 Å². The minimum absolute atomic E-state index is 0.297. The lowest BCUT2D eigenvalue weighted by atomic mass is 10.1. The van der Waals surface area contributed by atoms with Gasteiger partial charge in [-0.2, -0.15) is 0 Å². The van der Waals surface area contributed by atoms with Crippen LogP contribution in [0.25, 0.3) is 0 Å². The van der Waals surface area contributed by atoms with Crippen LogP contribution in [0.15, 0.2) is 0 Å². The van der Waals surface area contributed by atoms with Crippen molar-refractivity contribution in [3.8, 4) is 0 Å². The minimum atomic E-state index is 0.297. The smallest absolute Gasteiger partial charge is 0.236 e. The lowest BCUT2D eigenvalue weighted by Gasteiger charge is -2.27. The third-order valence-electron chi connectivity index (χ3n) is 3.36. The molecular formula is C13H27N3O. The fourth-order valence-corrected chi connectivity index (χ4v) is 2.21. The molecule has 1 saturated heterocycles. The summed E-state index contributed by atoms with van der Waals surface area (Å²) in [6.45, 7) is 4.33. The first-order valence-corrected chi connectivity index (χ1v) is 6.85. The van der Waals surface area contributed by atoms with Gasteiger partial charge in [-0.15, -0.1) is 0 Å². The van der Waals surface area contributed by atoms with E-state index in [0.29, 0.717) is 12.5 Å². The Bertz CT molecular complexity index is 213. The molecule has 1 rings (SSSR count). The van der Waals surface area contributed by atoms with Crippen molar-refractivity contribution in [2.75, 3.05) is 46.8 Å². The lowest BCUT2D eigenvalue weighted by Crippen LogP contribution is -2.41. The van der Waals surface area contributed by atoms with E-state index in [1.165, 1.54) is 32.1 Å². The number of carbonyl (C=O) groups excluding carboxylic acids is 1. The van der Waals surface area contributed by atoms with Crippen LogP contribution in [0.5, 0.6) is 0 Å². The van der Waals surface area contributed by atoms with Crippen molar-refractivity contribution in [3.05, 3.63) is 0 Å². The molecule has 0 radical (unpaired) electrons. The number of hydrogen-bond acceptors (Lipinski definition) is 3. The molecule has 1 N–H and O–H groups in total. The van der Waals surface area contributed by atoms with Gasteiger partial charge in [0.25, 0.3) is 0 Å². The van der Waals surface area contributed by atoms with Crippen LogP contribution in [0.4, 0.5) is 0 Å². The highest BCUT2D eigenvalue weighted by atomic mass is 16.2. The highest BCUT2D eigenvalue weighted by Crippen LogP contribution is 2.10. The van der Waals surface area contributed by atoms with Gasteiger partial charge in [-0.25, -0.2) is 0 Å². The van der Waals surface area contributed by atoms with Gasteiger partial charge >= 0.3 is 0 Å². The van der Waals surface area contributed by atoms with Crippen LogP contribution in [0.3, 0.4) is 0 Å². The van der Waals surface area contributed by atoms with E-state index in [1.807, 2.05) is 14.1 Å². The standard InChI is InChI=1S/C13H27N3O/c1-14-8-11-15(2)12-13(17)16-9-6-4-3-5-7-10-16/h14H,3-12H2,1-2H3. The zero-order valence-electron chi connectivity index (χ0n) is 11.4. The topological polar surface area (TPSA) is 35.6 Å². The molecule has 0 saturated carbocycles. The number of nitrogens with one attached hydrogen (secondary N) is 1. The number of nitrogens with zero attached hydrogens (tertiary/aromatic N) is 2. The average molecular weight is 241 g/mol. The van der Waals surface area contributed by atoms with Gasteiger partial charge in [0, 0.05) is 26.2 Å². The van der Waals surface area contributed by atoms with Gasteiger partial charge in [-0.05, 0) is 26.9 Å². The first-order chi connectivity index (χ1) is 8.24. The molecule has 0 aromatic rings. The van der Waals surface area contributed by atoms with E-state index < -0.39 is 0 Å². The molecule has 1 fully saturated rings. The van der Waals surface area contributed by atoms with E-state index in [1.54, 1.807) is 0 Å². The van der Waals surface area contributed by atoms with Gasteiger partial charge < -0.3 is 10.2 Å². The Morgan fingerprint density at radius 2 is 1.76 bits per heavy atom. The second-order valence-corrected chi connectivity index (χ2v) is 4.99. The second-order valence-electron chi connectivity index (χ2n) is 4.99. The Balaban J connectivity index is 2.28. The Morgan fingerprint density at radius 3 is 2.35 bits per heavy atom. The van der Waals surface area contributed by atoms with Crippen molar-refractivity contribution in [1.82, 2.24) is 15.1 Å². The largest absolute Gasteiger partial charge is 0.342 e. The zero-order valence-corrected chi connectivity index (χ0v) is 11.4. The summed E-state index contributed by atoms with van der Waals surface area (Å²) in [6, 6.07) is 0. The SMILES string of the molecule is CNCCN(C)CC(=O)N1CCCCCCC1. The molecule has 0 atom stereocenters. The highest BCUT2D eigenvalue weighted by Gasteiger charge is 2.15. The van der Waals surface area contributed by atoms with E-state index in [2.05, 4.69) is 15.1 Å². The Hall–Kier alpha value is -0.610. The summed E-state index contributed by atoms with van der Waals surface area (Å²) >= 11 is 0. The summed E-state index contributed by atoms with van der Waals surface area (Å²) in [5, 5.41) is 3.10. The van der Waals surface area contributed by atoms with E-state index >= 15 is 0 Å². The summed E-state index contributed by atoms with van der Waals surface area (Å²) in [4.78, 5) is 16.2. The molecule has 4 nitrogen and oxygen atoms in total. The summed E-state index contributed by atoms with van der Waals surface area (Å²) in [5.41, 5.74) is 0. The summed E-state index contributed by atoms with van der Waals surface area (Å²) in [7, 11) is 3.95. The molecule has 1 aliphatic rings. The van der Waals surface area contributed by atoms with Crippen LogP contribution in [-0.2, 0) is 4.79 Å². The molecule has 0 unspecified atom stereocenters. The number of amides is 1. The monoisotopic (exact) mass is 241 g/mol. The van der Waals surface area contributed by atoms with Gasteiger partial charge in [0.15, 0.2) is 0 Å². The number of likely N-dealkylation sites (tertiary alicyclic amines) is 1. The van der Waals surface area contributed by atoms with E-state index in [4.69, 9.17) is 0 Å². The van der Waals surface area contributed by atoms with Crippen LogP contribution < -0.4 is 5.32 Å². The molecule has 17 heavy (non-hydrogen) atoms. The number of carbonyl (C=O) groups is 1. The van der Waals surface area contributed by atoms with Gasteiger partial charge in [-0.1, -0.05) is 19.3 Å². The fraction of sp³-hybridized carbons (Fsp3) is 0.923. The molecule has 1 aliphatic heterocycles. The van der Waals surface area contributed by atoms with Crippen molar-refractivity contribution < 1.29 is 4.79 Å². The van der Waals surface area contributed by atoms with E-state index in [9.17, 15) is 4.79 Å². The number of likely N-dealkylation sites (N-methyl/N-ethyl adjacent to an activating group) is 2. The lowest BCUT2D eigenvalue weighted by molar-refractivity contribution is -0.132. The molecule has 1 amide bonds. The molecule has 0 aromatic heterocycles. The Labute approximate surface area is 105 Å². The molecule has 0 aliphatic carbocycles. The molecular weight excluding hydrogens is 214 g/mol.